The van der Waals surface area contributed by atoms with Crippen LogP contribution in [0.4, 0.5) is 0 Å². The van der Waals surface area contributed by atoms with Crippen LogP contribution in [0.3, 0.4) is 0 Å². The number of aliphatic hydroxyl groups is 3. The van der Waals surface area contributed by atoms with Gasteiger partial charge in [0.05, 0.1) is 38.0 Å². The third-order valence-electron chi connectivity index (χ3n) is 6.08. The molecule has 0 aromatic heterocycles. The lowest BCUT2D eigenvalue weighted by Gasteiger charge is -2.41. The Labute approximate surface area is 190 Å². The smallest absolute Gasteiger partial charge is 0.100 e. The molecule has 0 spiro atoms. The third kappa shape index (κ3) is 10.8. The molecule has 1 aliphatic rings. The highest BCUT2D eigenvalue weighted by atomic mass is 16.5. The van der Waals surface area contributed by atoms with Gasteiger partial charge in [0.25, 0.3) is 0 Å². The molecule has 1 heterocycles. The predicted molar refractivity (Wildman–Crippen MR) is 125 cm³/mol. The van der Waals surface area contributed by atoms with Gasteiger partial charge in [-0.25, -0.2) is 0 Å². The first-order valence-corrected chi connectivity index (χ1v) is 11.6. The Balaban J connectivity index is 2.50. The monoisotopic (exact) mass is 436 g/mol. The molecule has 0 radical (unpaired) electrons. The molecule has 178 valence electrons. The molecule has 3 N–H and O–H groups in total. The Morgan fingerprint density at radius 3 is 2.19 bits per heavy atom. The third-order valence-corrected chi connectivity index (χ3v) is 6.08. The zero-order valence-corrected chi connectivity index (χ0v) is 20.4. The van der Waals surface area contributed by atoms with E-state index in [9.17, 15) is 10.2 Å². The number of rotatable bonds is 11. The van der Waals surface area contributed by atoms with E-state index in [1.807, 2.05) is 0 Å². The highest BCUT2D eigenvalue weighted by Gasteiger charge is 2.30. The molecule has 31 heavy (non-hydrogen) atoms. The van der Waals surface area contributed by atoms with Crippen molar-refractivity contribution in [1.29, 1.82) is 0 Å². The molecule has 1 fully saturated rings. The van der Waals surface area contributed by atoms with Gasteiger partial charge in [-0.1, -0.05) is 25.7 Å². The highest BCUT2D eigenvalue weighted by Crippen LogP contribution is 2.28. The maximum absolute atomic E-state index is 10.2. The highest BCUT2D eigenvalue weighted by molar-refractivity contribution is 5.30. The number of hydrogen-bond acceptors (Lipinski definition) is 6. The molecule has 1 aliphatic heterocycles. The summed E-state index contributed by atoms with van der Waals surface area (Å²) in [6, 6.07) is 0.221. The average molecular weight is 437 g/mol. The predicted octanol–water partition coefficient (Wildman–Crippen LogP) is 1.58. The van der Waals surface area contributed by atoms with Crippen LogP contribution in [-0.2, 0) is 4.74 Å². The lowest BCUT2D eigenvalue weighted by molar-refractivity contribution is -0.0323. The van der Waals surface area contributed by atoms with Crippen LogP contribution in [0.5, 0.6) is 0 Å². The van der Waals surface area contributed by atoms with Crippen LogP contribution < -0.4 is 0 Å². The Hall–Kier alpha value is -1.12. The van der Waals surface area contributed by atoms with Crippen LogP contribution in [0.25, 0.3) is 0 Å². The van der Waals surface area contributed by atoms with Crippen molar-refractivity contribution in [3.8, 4) is 23.7 Å². The summed E-state index contributed by atoms with van der Waals surface area (Å²) < 4.78 is 5.24. The van der Waals surface area contributed by atoms with E-state index in [2.05, 4.69) is 75.0 Å². The van der Waals surface area contributed by atoms with E-state index < -0.39 is 12.2 Å². The lowest BCUT2D eigenvalue weighted by Crippen LogP contribution is -2.47. The van der Waals surface area contributed by atoms with Crippen LogP contribution in [-0.4, -0.2) is 94.9 Å². The zero-order chi connectivity index (χ0) is 23.4. The van der Waals surface area contributed by atoms with Gasteiger partial charge in [-0.05, 0) is 77.3 Å². The maximum atomic E-state index is 10.2. The fraction of sp³-hybridized carbons (Fsp3) is 0.840. The van der Waals surface area contributed by atoms with Gasteiger partial charge >= 0.3 is 0 Å². The molecule has 1 saturated heterocycles. The second-order valence-corrected chi connectivity index (χ2v) is 9.73. The van der Waals surface area contributed by atoms with E-state index in [0.29, 0.717) is 13.1 Å². The van der Waals surface area contributed by atoms with E-state index in [1.54, 1.807) is 0 Å². The second-order valence-electron chi connectivity index (χ2n) is 9.73. The summed E-state index contributed by atoms with van der Waals surface area (Å²) >= 11 is 0. The van der Waals surface area contributed by atoms with Crippen molar-refractivity contribution >= 4 is 0 Å². The van der Waals surface area contributed by atoms with Gasteiger partial charge in [0.2, 0.25) is 0 Å². The van der Waals surface area contributed by atoms with E-state index in [0.717, 1.165) is 24.9 Å². The molecule has 6 nitrogen and oxygen atoms in total. The molecule has 0 amide bonds. The van der Waals surface area contributed by atoms with Crippen molar-refractivity contribution in [1.82, 2.24) is 9.80 Å². The van der Waals surface area contributed by atoms with E-state index in [4.69, 9.17) is 9.84 Å². The Kier molecular flexibility index (Phi) is 12.7. The van der Waals surface area contributed by atoms with Crippen molar-refractivity contribution in [3.05, 3.63) is 0 Å². The summed E-state index contributed by atoms with van der Waals surface area (Å²) in [6.45, 7) is 16.0. The molecule has 0 aromatic carbocycles. The number of piperidine rings is 1. The summed E-state index contributed by atoms with van der Waals surface area (Å²) in [7, 11) is 0. The van der Waals surface area contributed by atoms with Crippen molar-refractivity contribution in [2.75, 3.05) is 46.0 Å². The molecule has 0 saturated carbocycles. The molecule has 6 heteroatoms. The Morgan fingerprint density at radius 1 is 1.03 bits per heavy atom. The van der Waals surface area contributed by atoms with Crippen LogP contribution >= 0.6 is 0 Å². The SMILES string of the molecule is CC(C)C1CCN(C(C)(C)C#CC#CCN(CC(O)COCC(O)CO)C(C)C)CC1. The number of hydrogen-bond donors (Lipinski definition) is 3. The Morgan fingerprint density at radius 2 is 1.65 bits per heavy atom. The van der Waals surface area contributed by atoms with Crippen LogP contribution in [0.1, 0.15) is 54.4 Å². The first-order valence-electron chi connectivity index (χ1n) is 11.6. The van der Waals surface area contributed by atoms with Crippen LogP contribution in [0, 0.1) is 35.5 Å². The standard InChI is InChI=1S/C25H44N2O4/c1-20(2)22-10-14-27(15-11-22)25(5,6)12-8-7-9-13-26(21(3)4)16-23(29)18-31-19-24(30)17-28/h20-24,28-30H,10-11,13-19H2,1-6H3. The molecule has 0 aliphatic carbocycles. The van der Waals surface area contributed by atoms with Crippen molar-refractivity contribution in [2.45, 2.75) is 78.2 Å². The first kappa shape index (κ1) is 27.9. The van der Waals surface area contributed by atoms with Crippen LogP contribution in [0.15, 0.2) is 0 Å². The van der Waals surface area contributed by atoms with Crippen LogP contribution in [0.2, 0.25) is 0 Å². The zero-order valence-electron chi connectivity index (χ0n) is 20.4. The summed E-state index contributed by atoms with van der Waals surface area (Å²) in [4.78, 5) is 4.53. The van der Waals surface area contributed by atoms with E-state index in [-0.39, 0.29) is 31.4 Å². The average Bonchev–Trinajstić information content (AvgIpc) is 2.72. The Bertz CT molecular complexity index is 619. The topological polar surface area (TPSA) is 76.4 Å². The quantitative estimate of drug-likeness (QED) is 0.427. The molecule has 0 aromatic rings. The molecule has 2 atom stereocenters. The lowest BCUT2D eigenvalue weighted by atomic mass is 9.85. The number of aliphatic hydroxyl groups excluding tert-OH is 3. The normalized spacial score (nSPS) is 17.9. The maximum Gasteiger partial charge on any atom is 0.100 e. The van der Waals surface area contributed by atoms with Gasteiger partial charge in [-0.15, -0.1) is 0 Å². The fourth-order valence-corrected chi connectivity index (χ4v) is 3.75. The number of nitrogens with zero attached hydrogens (tertiary/aromatic N) is 2. The first-order chi connectivity index (χ1) is 14.6. The molecule has 0 bridgehead atoms. The van der Waals surface area contributed by atoms with Gasteiger partial charge < -0.3 is 20.1 Å². The van der Waals surface area contributed by atoms with Gasteiger partial charge in [-0.3, -0.25) is 9.80 Å². The van der Waals surface area contributed by atoms with Gasteiger partial charge in [-0.2, -0.15) is 0 Å². The summed E-state index contributed by atoms with van der Waals surface area (Å²) in [5.41, 5.74) is -0.180. The minimum absolute atomic E-state index is 0.00949. The van der Waals surface area contributed by atoms with Gasteiger partial charge in [0.15, 0.2) is 0 Å². The largest absolute Gasteiger partial charge is 0.394 e. The van der Waals surface area contributed by atoms with Gasteiger partial charge in [0, 0.05) is 12.6 Å². The summed E-state index contributed by atoms with van der Waals surface area (Å²) in [5, 5.41) is 28.2. The van der Waals surface area contributed by atoms with E-state index in [1.165, 1.54) is 12.8 Å². The molecule has 2 unspecified atom stereocenters. The number of ether oxygens (including phenoxy) is 1. The van der Waals surface area contributed by atoms with E-state index >= 15 is 0 Å². The minimum Gasteiger partial charge on any atom is -0.394 e. The van der Waals surface area contributed by atoms with Crippen molar-refractivity contribution < 1.29 is 20.1 Å². The molecular formula is C25H44N2O4. The number of likely N-dealkylation sites (tertiary alicyclic amines) is 1. The second kappa shape index (κ2) is 14.1. The summed E-state index contributed by atoms with van der Waals surface area (Å²) in [6.07, 6.45) is 0.878. The van der Waals surface area contributed by atoms with Crippen molar-refractivity contribution in [2.24, 2.45) is 11.8 Å². The van der Waals surface area contributed by atoms with Gasteiger partial charge in [0.1, 0.15) is 6.10 Å². The molecule has 1 rings (SSSR count). The van der Waals surface area contributed by atoms with Crippen molar-refractivity contribution in [3.63, 3.8) is 0 Å². The minimum atomic E-state index is -0.913. The fourth-order valence-electron chi connectivity index (χ4n) is 3.75. The summed E-state index contributed by atoms with van der Waals surface area (Å²) in [5.74, 6) is 14.0. The molecular weight excluding hydrogens is 392 g/mol.